The third kappa shape index (κ3) is 2.90. The zero-order chi connectivity index (χ0) is 16.4. The van der Waals surface area contributed by atoms with E-state index in [0.29, 0.717) is 13.1 Å². The molecule has 1 fully saturated rings. The number of carbonyl (C=O) groups is 1. The molecule has 0 aromatic carbocycles. The molecule has 0 unspecified atom stereocenters. The highest BCUT2D eigenvalue weighted by atomic mass is 32.1. The lowest BCUT2D eigenvalue weighted by Gasteiger charge is -2.34. The Morgan fingerprint density at radius 1 is 1.17 bits per heavy atom. The number of hydrogen-bond acceptors (Lipinski definition) is 5. The first kappa shape index (κ1) is 14.9. The molecule has 3 aromatic heterocycles. The Balaban J connectivity index is 1.41. The van der Waals surface area contributed by atoms with E-state index in [0.717, 1.165) is 35.0 Å². The van der Waals surface area contributed by atoms with E-state index in [2.05, 4.69) is 20.1 Å². The van der Waals surface area contributed by atoms with Crippen molar-refractivity contribution in [2.24, 2.45) is 0 Å². The highest BCUT2D eigenvalue weighted by Gasteiger charge is 2.24. The molecule has 4 heterocycles. The maximum Gasteiger partial charge on any atom is 0.264 e. The van der Waals surface area contributed by atoms with E-state index in [1.165, 1.54) is 11.3 Å². The monoisotopic (exact) mass is 339 g/mol. The Morgan fingerprint density at radius 2 is 2.04 bits per heavy atom. The smallest absolute Gasteiger partial charge is 0.264 e. The second-order valence-corrected chi connectivity index (χ2v) is 6.59. The molecule has 7 heteroatoms. The van der Waals surface area contributed by atoms with Crippen molar-refractivity contribution in [3.8, 4) is 11.3 Å². The third-order valence-electron chi connectivity index (χ3n) is 4.16. The Labute approximate surface area is 143 Å². The zero-order valence-corrected chi connectivity index (χ0v) is 13.9. The van der Waals surface area contributed by atoms with Gasteiger partial charge < -0.3 is 9.80 Å². The summed E-state index contributed by atoms with van der Waals surface area (Å²) in [6, 6.07) is 9.74. The first-order chi connectivity index (χ1) is 11.8. The number of nitrogens with one attached hydrogen (secondary N) is 1. The molecule has 0 saturated carbocycles. The summed E-state index contributed by atoms with van der Waals surface area (Å²) in [6.45, 7) is 3.00. The molecule has 4 rings (SSSR count). The molecule has 122 valence electrons. The number of pyridine rings is 1. The fourth-order valence-electron chi connectivity index (χ4n) is 2.84. The van der Waals surface area contributed by atoms with Gasteiger partial charge >= 0.3 is 0 Å². The molecule has 1 aliphatic rings. The van der Waals surface area contributed by atoms with Crippen LogP contribution in [0.3, 0.4) is 0 Å². The summed E-state index contributed by atoms with van der Waals surface area (Å²) in [7, 11) is 0. The van der Waals surface area contributed by atoms with Gasteiger partial charge in [-0.15, -0.1) is 11.3 Å². The number of rotatable bonds is 3. The molecule has 1 amide bonds. The largest absolute Gasteiger partial charge is 0.352 e. The summed E-state index contributed by atoms with van der Waals surface area (Å²) in [5, 5.41) is 9.41. The minimum absolute atomic E-state index is 0.128. The van der Waals surface area contributed by atoms with Gasteiger partial charge in [0.15, 0.2) is 5.82 Å². The summed E-state index contributed by atoms with van der Waals surface area (Å²) in [5.41, 5.74) is 1.97. The normalized spacial score (nSPS) is 14.8. The van der Waals surface area contributed by atoms with E-state index in [4.69, 9.17) is 0 Å². The second-order valence-electron chi connectivity index (χ2n) is 5.64. The number of amides is 1. The molecule has 0 atom stereocenters. The molecule has 0 radical (unpaired) electrons. The van der Waals surface area contributed by atoms with Gasteiger partial charge in [-0.2, -0.15) is 5.10 Å². The van der Waals surface area contributed by atoms with Crippen LogP contribution in [0.25, 0.3) is 11.3 Å². The van der Waals surface area contributed by atoms with Crippen molar-refractivity contribution in [1.29, 1.82) is 0 Å². The summed E-state index contributed by atoms with van der Waals surface area (Å²) >= 11 is 1.49. The van der Waals surface area contributed by atoms with Crippen molar-refractivity contribution in [1.82, 2.24) is 20.1 Å². The molecular weight excluding hydrogens is 322 g/mol. The fraction of sp³-hybridized carbons (Fsp3) is 0.235. The summed E-state index contributed by atoms with van der Waals surface area (Å²) < 4.78 is 0. The third-order valence-corrected chi connectivity index (χ3v) is 5.02. The van der Waals surface area contributed by atoms with Crippen molar-refractivity contribution in [3.05, 3.63) is 53.0 Å². The van der Waals surface area contributed by atoms with Crippen LogP contribution >= 0.6 is 11.3 Å². The van der Waals surface area contributed by atoms with Crippen LogP contribution in [-0.2, 0) is 0 Å². The van der Waals surface area contributed by atoms with Gasteiger partial charge in [0.25, 0.3) is 5.91 Å². The van der Waals surface area contributed by atoms with Crippen LogP contribution in [0.4, 0.5) is 5.82 Å². The van der Waals surface area contributed by atoms with Crippen LogP contribution in [0, 0.1) is 0 Å². The predicted octanol–water partition coefficient (Wildman–Crippen LogP) is 2.50. The summed E-state index contributed by atoms with van der Waals surface area (Å²) in [4.78, 5) is 21.4. The molecule has 1 aliphatic heterocycles. The lowest BCUT2D eigenvalue weighted by atomic mass is 10.2. The van der Waals surface area contributed by atoms with Gasteiger partial charge in [-0.1, -0.05) is 6.07 Å². The quantitative estimate of drug-likeness (QED) is 0.796. The molecule has 1 saturated heterocycles. The van der Waals surface area contributed by atoms with Crippen molar-refractivity contribution in [2.45, 2.75) is 0 Å². The Hall–Kier alpha value is -2.67. The topological polar surface area (TPSA) is 65.1 Å². The average molecular weight is 339 g/mol. The Morgan fingerprint density at radius 3 is 2.75 bits per heavy atom. The van der Waals surface area contributed by atoms with Crippen LogP contribution in [0.1, 0.15) is 9.67 Å². The van der Waals surface area contributed by atoms with Crippen molar-refractivity contribution >= 4 is 23.1 Å². The average Bonchev–Trinajstić information content (AvgIpc) is 3.34. The predicted molar refractivity (Wildman–Crippen MR) is 94.3 cm³/mol. The van der Waals surface area contributed by atoms with Crippen LogP contribution < -0.4 is 4.90 Å². The number of piperazine rings is 1. The lowest BCUT2D eigenvalue weighted by Crippen LogP contribution is -2.48. The van der Waals surface area contributed by atoms with E-state index in [1.54, 1.807) is 6.20 Å². The van der Waals surface area contributed by atoms with Gasteiger partial charge in [0.2, 0.25) is 0 Å². The van der Waals surface area contributed by atoms with Gasteiger partial charge in [0.05, 0.1) is 10.6 Å². The maximum atomic E-state index is 12.4. The summed E-state index contributed by atoms with van der Waals surface area (Å²) in [5.74, 6) is 1.04. The van der Waals surface area contributed by atoms with Gasteiger partial charge in [-0.05, 0) is 23.6 Å². The Bertz CT molecular complexity index is 807. The lowest BCUT2D eigenvalue weighted by molar-refractivity contribution is 0.0751. The number of carbonyl (C=O) groups excluding carboxylic acids is 1. The van der Waals surface area contributed by atoms with Gasteiger partial charge in [0.1, 0.15) is 0 Å². The molecule has 24 heavy (non-hydrogen) atoms. The maximum absolute atomic E-state index is 12.4. The molecule has 6 nitrogen and oxygen atoms in total. The second kappa shape index (κ2) is 6.45. The summed E-state index contributed by atoms with van der Waals surface area (Å²) in [6.07, 6.45) is 3.57. The van der Waals surface area contributed by atoms with E-state index < -0.39 is 0 Å². The molecule has 3 aromatic rings. The fourth-order valence-corrected chi connectivity index (χ4v) is 3.53. The Kier molecular flexibility index (Phi) is 4.00. The van der Waals surface area contributed by atoms with E-state index >= 15 is 0 Å². The van der Waals surface area contributed by atoms with Crippen LogP contribution in [0.2, 0.25) is 0 Å². The minimum atomic E-state index is 0.128. The molecule has 0 aliphatic carbocycles. The van der Waals surface area contributed by atoms with Gasteiger partial charge in [-0.3, -0.25) is 14.9 Å². The van der Waals surface area contributed by atoms with E-state index in [1.807, 2.05) is 46.8 Å². The van der Waals surface area contributed by atoms with Crippen LogP contribution in [0.15, 0.2) is 48.1 Å². The van der Waals surface area contributed by atoms with Gasteiger partial charge in [0, 0.05) is 50.2 Å². The number of nitrogens with zero attached hydrogens (tertiary/aromatic N) is 4. The highest BCUT2D eigenvalue weighted by molar-refractivity contribution is 7.12. The molecule has 1 N–H and O–H groups in total. The molecular formula is C17H17N5OS. The van der Waals surface area contributed by atoms with Crippen molar-refractivity contribution in [3.63, 3.8) is 0 Å². The van der Waals surface area contributed by atoms with Crippen molar-refractivity contribution in [2.75, 3.05) is 31.1 Å². The van der Waals surface area contributed by atoms with Crippen LogP contribution in [-0.4, -0.2) is 52.2 Å². The zero-order valence-electron chi connectivity index (χ0n) is 13.1. The number of aromatic nitrogens is 3. The molecule has 0 spiro atoms. The number of thiophene rings is 1. The SMILES string of the molecule is O=C(c1cccs1)N1CCN(c2cc(-c3cccnc3)[nH]n2)CC1. The van der Waals surface area contributed by atoms with Crippen LogP contribution in [0.5, 0.6) is 0 Å². The number of anilines is 1. The molecule has 0 bridgehead atoms. The minimum Gasteiger partial charge on any atom is -0.352 e. The number of H-pyrrole nitrogens is 1. The highest BCUT2D eigenvalue weighted by Crippen LogP contribution is 2.22. The van der Waals surface area contributed by atoms with E-state index in [-0.39, 0.29) is 5.91 Å². The van der Waals surface area contributed by atoms with E-state index in [9.17, 15) is 4.79 Å². The van der Waals surface area contributed by atoms with Gasteiger partial charge in [-0.25, -0.2) is 0 Å². The number of hydrogen-bond donors (Lipinski definition) is 1. The standard InChI is InChI=1S/C17H17N5OS/c23-17(15-4-2-10-24-15)22-8-6-21(7-9-22)16-11-14(19-20-16)13-3-1-5-18-12-13/h1-5,10-12H,6-9H2,(H,19,20). The number of aromatic amines is 1. The van der Waals surface area contributed by atoms with Crippen molar-refractivity contribution < 1.29 is 4.79 Å². The first-order valence-corrected chi connectivity index (χ1v) is 8.73. The first-order valence-electron chi connectivity index (χ1n) is 7.85.